The van der Waals surface area contributed by atoms with Gasteiger partial charge in [0.05, 0.1) is 13.5 Å². The molecule has 0 radical (unpaired) electrons. The molecule has 0 aromatic heterocycles. The molecule has 1 amide bonds. The van der Waals surface area contributed by atoms with E-state index in [0.29, 0.717) is 17.2 Å². The lowest BCUT2D eigenvalue weighted by Gasteiger charge is -2.14. The van der Waals surface area contributed by atoms with Crippen molar-refractivity contribution in [1.29, 1.82) is 0 Å². The van der Waals surface area contributed by atoms with Gasteiger partial charge in [-0.1, -0.05) is 32.0 Å². The number of ether oxygens (including phenoxy) is 2. The van der Waals surface area contributed by atoms with Gasteiger partial charge in [-0.05, 0) is 48.2 Å². The number of carbonyl (C=O) groups excluding carboxylic acids is 2. The van der Waals surface area contributed by atoms with Gasteiger partial charge in [0.25, 0.3) is 5.91 Å². The van der Waals surface area contributed by atoms with Crippen LogP contribution in [0.4, 0.5) is 10.1 Å². The molecule has 0 aliphatic rings. The lowest BCUT2D eigenvalue weighted by Crippen LogP contribution is -2.30. The van der Waals surface area contributed by atoms with E-state index in [1.165, 1.54) is 31.7 Å². The maximum Gasteiger partial charge on any atom is 0.311 e. The van der Waals surface area contributed by atoms with Crippen LogP contribution in [-0.2, 0) is 20.7 Å². The first-order valence-electron chi connectivity index (χ1n) is 8.73. The van der Waals surface area contributed by atoms with E-state index in [1.807, 2.05) is 24.3 Å². The molecule has 144 valence electrons. The van der Waals surface area contributed by atoms with Gasteiger partial charge in [-0.15, -0.1) is 0 Å². The molecule has 1 atom stereocenters. The fraction of sp³-hybridized carbons (Fsp3) is 0.333. The van der Waals surface area contributed by atoms with Gasteiger partial charge in [0, 0.05) is 5.69 Å². The summed E-state index contributed by atoms with van der Waals surface area (Å²) in [5, 5.41) is 2.71. The Balaban J connectivity index is 1.89. The van der Waals surface area contributed by atoms with Gasteiger partial charge < -0.3 is 14.8 Å². The monoisotopic (exact) mass is 373 g/mol. The highest BCUT2D eigenvalue weighted by Crippen LogP contribution is 2.19. The number of rotatable bonds is 7. The molecule has 2 aromatic carbocycles. The van der Waals surface area contributed by atoms with Crippen molar-refractivity contribution in [2.75, 3.05) is 12.4 Å². The van der Waals surface area contributed by atoms with Crippen molar-refractivity contribution in [3.63, 3.8) is 0 Å². The third-order valence-corrected chi connectivity index (χ3v) is 4.09. The van der Waals surface area contributed by atoms with Crippen molar-refractivity contribution >= 4 is 17.6 Å². The molecule has 5 nitrogen and oxygen atoms in total. The number of benzene rings is 2. The molecule has 1 N–H and O–H groups in total. The second-order valence-corrected chi connectivity index (χ2v) is 6.54. The zero-order valence-electron chi connectivity index (χ0n) is 15.9. The zero-order valence-corrected chi connectivity index (χ0v) is 15.9. The SMILES string of the molecule is COc1ccc(CC(=O)O[C@@H](C)C(=O)Nc2ccc(C(C)C)cc2)cc1F. The van der Waals surface area contributed by atoms with Crippen molar-refractivity contribution < 1.29 is 23.5 Å². The van der Waals surface area contributed by atoms with Crippen LogP contribution < -0.4 is 10.1 Å². The second kappa shape index (κ2) is 9.16. The molecule has 0 saturated carbocycles. The number of halogens is 1. The van der Waals surface area contributed by atoms with E-state index in [-0.39, 0.29) is 12.2 Å². The Morgan fingerprint density at radius 1 is 1.07 bits per heavy atom. The summed E-state index contributed by atoms with van der Waals surface area (Å²) in [4.78, 5) is 24.2. The van der Waals surface area contributed by atoms with Gasteiger partial charge in [-0.2, -0.15) is 0 Å². The van der Waals surface area contributed by atoms with Crippen LogP contribution in [-0.4, -0.2) is 25.1 Å². The van der Waals surface area contributed by atoms with Crippen molar-refractivity contribution in [3.05, 3.63) is 59.4 Å². The number of hydrogen-bond donors (Lipinski definition) is 1. The maximum atomic E-state index is 13.7. The third-order valence-electron chi connectivity index (χ3n) is 4.09. The van der Waals surface area contributed by atoms with Crippen LogP contribution >= 0.6 is 0 Å². The highest BCUT2D eigenvalue weighted by Gasteiger charge is 2.18. The van der Waals surface area contributed by atoms with Crippen LogP contribution in [0, 0.1) is 5.82 Å². The third kappa shape index (κ3) is 5.81. The van der Waals surface area contributed by atoms with Crippen molar-refractivity contribution in [1.82, 2.24) is 0 Å². The molecule has 0 saturated heterocycles. The van der Waals surface area contributed by atoms with Gasteiger partial charge in [0.15, 0.2) is 17.7 Å². The smallest absolute Gasteiger partial charge is 0.311 e. The molecule has 0 fully saturated rings. The van der Waals surface area contributed by atoms with E-state index in [9.17, 15) is 14.0 Å². The molecular formula is C21H24FNO4. The average molecular weight is 373 g/mol. The quantitative estimate of drug-likeness (QED) is 0.743. The van der Waals surface area contributed by atoms with Gasteiger partial charge in [-0.3, -0.25) is 9.59 Å². The molecule has 0 spiro atoms. The molecule has 6 heteroatoms. The molecule has 2 rings (SSSR count). The van der Waals surface area contributed by atoms with Crippen LogP contribution in [0.5, 0.6) is 5.75 Å². The Morgan fingerprint density at radius 3 is 2.30 bits per heavy atom. The number of anilines is 1. The predicted octanol–water partition coefficient (Wildman–Crippen LogP) is 4.07. The van der Waals surface area contributed by atoms with Crippen LogP contribution in [0.1, 0.15) is 37.8 Å². The Kier molecular flexibility index (Phi) is 6.93. The number of amides is 1. The van der Waals surface area contributed by atoms with Crippen molar-refractivity contribution in [2.45, 2.75) is 39.2 Å². The average Bonchev–Trinajstić information content (AvgIpc) is 2.62. The summed E-state index contributed by atoms with van der Waals surface area (Å²) in [6.45, 7) is 5.66. The van der Waals surface area contributed by atoms with Crippen molar-refractivity contribution in [3.8, 4) is 5.75 Å². The highest BCUT2D eigenvalue weighted by atomic mass is 19.1. The summed E-state index contributed by atoms with van der Waals surface area (Å²) < 4.78 is 23.6. The summed E-state index contributed by atoms with van der Waals surface area (Å²) in [5.74, 6) is -1.10. The van der Waals surface area contributed by atoms with E-state index in [4.69, 9.17) is 9.47 Å². The van der Waals surface area contributed by atoms with Gasteiger partial charge in [0.1, 0.15) is 0 Å². The van der Waals surface area contributed by atoms with Gasteiger partial charge >= 0.3 is 5.97 Å². The molecule has 0 bridgehead atoms. The largest absolute Gasteiger partial charge is 0.494 e. The second-order valence-electron chi connectivity index (χ2n) is 6.54. The fourth-order valence-corrected chi connectivity index (χ4v) is 2.47. The fourth-order valence-electron chi connectivity index (χ4n) is 2.47. The number of methoxy groups -OCH3 is 1. The van der Waals surface area contributed by atoms with Crippen LogP contribution in [0.2, 0.25) is 0 Å². The number of nitrogens with one attached hydrogen (secondary N) is 1. The summed E-state index contributed by atoms with van der Waals surface area (Å²) in [6, 6.07) is 11.7. The molecule has 0 heterocycles. The van der Waals surface area contributed by atoms with Crippen LogP contribution in [0.25, 0.3) is 0 Å². The minimum Gasteiger partial charge on any atom is -0.494 e. The summed E-state index contributed by atoms with van der Waals surface area (Å²) in [5.41, 5.74) is 2.24. The first kappa shape index (κ1) is 20.4. The van der Waals surface area contributed by atoms with E-state index in [1.54, 1.807) is 6.07 Å². The molecule has 0 unspecified atom stereocenters. The Labute approximate surface area is 158 Å². The topological polar surface area (TPSA) is 64.6 Å². The Morgan fingerprint density at radius 2 is 1.74 bits per heavy atom. The van der Waals surface area contributed by atoms with E-state index >= 15 is 0 Å². The standard InChI is InChI=1S/C21H24FNO4/c1-13(2)16-6-8-17(9-7-16)23-21(25)14(3)27-20(24)12-15-5-10-19(26-4)18(22)11-15/h5-11,13-14H,12H2,1-4H3,(H,23,25)/t14-/m0/s1. The zero-order chi connectivity index (χ0) is 20.0. The molecular weight excluding hydrogens is 349 g/mol. The number of hydrogen-bond acceptors (Lipinski definition) is 4. The van der Waals surface area contributed by atoms with Crippen LogP contribution in [0.15, 0.2) is 42.5 Å². The minimum absolute atomic E-state index is 0.100. The summed E-state index contributed by atoms with van der Waals surface area (Å²) in [7, 11) is 1.36. The highest BCUT2D eigenvalue weighted by molar-refractivity contribution is 5.95. The van der Waals surface area contributed by atoms with E-state index in [0.717, 1.165) is 0 Å². The summed E-state index contributed by atoms with van der Waals surface area (Å²) >= 11 is 0. The Bertz CT molecular complexity index is 802. The van der Waals surface area contributed by atoms with E-state index < -0.39 is 23.8 Å². The molecule has 0 aliphatic carbocycles. The first-order valence-corrected chi connectivity index (χ1v) is 8.73. The maximum absolute atomic E-state index is 13.7. The lowest BCUT2D eigenvalue weighted by atomic mass is 10.0. The Hall–Kier alpha value is -2.89. The molecule has 27 heavy (non-hydrogen) atoms. The summed E-state index contributed by atoms with van der Waals surface area (Å²) in [6.07, 6.45) is -1.10. The van der Waals surface area contributed by atoms with E-state index in [2.05, 4.69) is 19.2 Å². The first-order chi connectivity index (χ1) is 12.8. The lowest BCUT2D eigenvalue weighted by molar-refractivity contribution is -0.152. The normalized spacial score (nSPS) is 11.8. The van der Waals surface area contributed by atoms with Crippen molar-refractivity contribution in [2.24, 2.45) is 0 Å². The molecule has 2 aromatic rings. The van der Waals surface area contributed by atoms with Crippen LogP contribution in [0.3, 0.4) is 0 Å². The van der Waals surface area contributed by atoms with Gasteiger partial charge in [-0.25, -0.2) is 4.39 Å². The predicted molar refractivity (Wildman–Crippen MR) is 101 cm³/mol. The molecule has 0 aliphatic heterocycles. The minimum atomic E-state index is -0.967. The number of esters is 1. The van der Waals surface area contributed by atoms with Gasteiger partial charge in [0.2, 0.25) is 0 Å². The number of carbonyl (C=O) groups is 2.